The Hall–Kier alpha value is -1.35. The molecule has 2 aromatic rings. The Morgan fingerprint density at radius 2 is 2.47 bits per heavy atom. The molecule has 0 bridgehead atoms. The molecule has 0 spiro atoms. The van der Waals surface area contributed by atoms with Crippen LogP contribution in [-0.2, 0) is 6.42 Å². The normalized spacial score (nSPS) is 20.5. The maximum absolute atomic E-state index is 4.67. The number of hydrogen-bond donors (Lipinski definition) is 1. The summed E-state index contributed by atoms with van der Waals surface area (Å²) < 4.78 is 2.22. The topological polar surface area (TPSA) is 29.3 Å². The highest BCUT2D eigenvalue weighted by atomic mass is 15.1. The van der Waals surface area contributed by atoms with Crippen LogP contribution in [0.3, 0.4) is 0 Å². The van der Waals surface area contributed by atoms with Gasteiger partial charge in [0.1, 0.15) is 5.65 Å². The second-order valence-corrected chi connectivity index (χ2v) is 4.04. The number of imidazole rings is 1. The van der Waals surface area contributed by atoms with E-state index in [2.05, 4.69) is 40.0 Å². The molecule has 0 fully saturated rings. The van der Waals surface area contributed by atoms with E-state index in [1.807, 2.05) is 6.07 Å². The number of nitrogens with zero attached hydrogens (tertiary/aromatic N) is 2. The summed E-state index contributed by atoms with van der Waals surface area (Å²) in [5.41, 5.74) is 3.70. The third kappa shape index (κ3) is 1.27. The van der Waals surface area contributed by atoms with Crippen molar-refractivity contribution in [3.05, 3.63) is 35.8 Å². The first kappa shape index (κ1) is 8.92. The summed E-state index contributed by atoms with van der Waals surface area (Å²) in [6.07, 6.45) is 4.28. The Bertz CT molecular complexity index is 487. The third-order valence-corrected chi connectivity index (χ3v) is 3.13. The SMILES string of the molecule is CCC1NCCc2nc3ccccn3c21. The molecule has 0 radical (unpaired) electrons. The van der Waals surface area contributed by atoms with Crippen LogP contribution in [0.2, 0.25) is 0 Å². The molecule has 1 unspecified atom stereocenters. The van der Waals surface area contributed by atoms with Gasteiger partial charge in [-0.05, 0) is 18.6 Å². The predicted octanol–water partition coefficient (Wildman–Crippen LogP) is 1.93. The highest BCUT2D eigenvalue weighted by Gasteiger charge is 2.23. The Balaban J connectivity index is 2.27. The van der Waals surface area contributed by atoms with Crippen molar-refractivity contribution in [3.63, 3.8) is 0 Å². The van der Waals surface area contributed by atoms with E-state index < -0.39 is 0 Å². The first-order chi connectivity index (χ1) is 7.40. The van der Waals surface area contributed by atoms with Crippen LogP contribution in [-0.4, -0.2) is 15.9 Å². The summed E-state index contributed by atoms with van der Waals surface area (Å²) in [6, 6.07) is 6.65. The van der Waals surface area contributed by atoms with Gasteiger partial charge in [-0.25, -0.2) is 4.98 Å². The molecule has 15 heavy (non-hydrogen) atoms. The highest BCUT2D eigenvalue weighted by molar-refractivity contribution is 5.44. The number of hydrogen-bond acceptors (Lipinski definition) is 2. The molecule has 0 amide bonds. The van der Waals surface area contributed by atoms with Gasteiger partial charge in [-0.15, -0.1) is 0 Å². The summed E-state index contributed by atoms with van der Waals surface area (Å²) in [6.45, 7) is 3.27. The molecular weight excluding hydrogens is 186 g/mol. The second kappa shape index (κ2) is 3.35. The van der Waals surface area contributed by atoms with Crippen molar-refractivity contribution in [1.29, 1.82) is 0 Å². The molecular formula is C12H15N3. The monoisotopic (exact) mass is 201 g/mol. The summed E-state index contributed by atoms with van der Waals surface area (Å²) >= 11 is 0. The molecule has 1 atom stereocenters. The van der Waals surface area contributed by atoms with E-state index in [0.717, 1.165) is 25.0 Å². The van der Waals surface area contributed by atoms with E-state index in [1.165, 1.54) is 11.4 Å². The molecule has 1 aliphatic rings. The third-order valence-electron chi connectivity index (χ3n) is 3.13. The lowest BCUT2D eigenvalue weighted by molar-refractivity contribution is 0.475. The number of nitrogens with one attached hydrogen (secondary N) is 1. The zero-order chi connectivity index (χ0) is 10.3. The minimum absolute atomic E-state index is 0.464. The van der Waals surface area contributed by atoms with Crippen LogP contribution < -0.4 is 5.32 Å². The van der Waals surface area contributed by atoms with E-state index >= 15 is 0 Å². The van der Waals surface area contributed by atoms with Crippen molar-refractivity contribution in [2.75, 3.05) is 6.54 Å². The molecule has 2 aromatic heterocycles. The van der Waals surface area contributed by atoms with Gasteiger partial charge in [0.15, 0.2) is 0 Å². The minimum atomic E-state index is 0.464. The van der Waals surface area contributed by atoms with Gasteiger partial charge < -0.3 is 9.72 Å². The molecule has 0 saturated carbocycles. The Labute approximate surface area is 89.1 Å². The molecule has 1 N–H and O–H groups in total. The summed E-state index contributed by atoms with van der Waals surface area (Å²) in [7, 11) is 0. The van der Waals surface area contributed by atoms with Crippen molar-refractivity contribution in [2.24, 2.45) is 0 Å². The zero-order valence-corrected chi connectivity index (χ0v) is 8.90. The Kier molecular flexibility index (Phi) is 1.99. The van der Waals surface area contributed by atoms with Gasteiger partial charge in [0.2, 0.25) is 0 Å². The van der Waals surface area contributed by atoms with Crippen LogP contribution in [0.15, 0.2) is 24.4 Å². The lowest BCUT2D eigenvalue weighted by atomic mass is 10.0. The maximum Gasteiger partial charge on any atom is 0.137 e. The van der Waals surface area contributed by atoms with Gasteiger partial charge >= 0.3 is 0 Å². The fourth-order valence-electron chi connectivity index (χ4n) is 2.42. The average molecular weight is 201 g/mol. The van der Waals surface area contributed by atoms with Crippen LogP contribution in [0.25, 0.3) is 5.65 Å². The van der Waals surface area contributed by atoms with Crippen molar-refractivity contribution >= 4 is 5.65 Å². The van der Waals surface area contributed by atoms with Gasteiger partial charge in [0.05, 0.1) is 11.4 Å². The fourth-order valence-corrected chi connectivity index (χ4v) is 2.42. The molecule has 0 aromatic carbocycles. The molecule has 3 heterocycles. The largest absolute Gasteiger partial charge is 0.308 e. The number of fused-ring (bicyclic) bond motifs is 3. The molecule has 1 aliphatic heterocycles. The summed E-state index contributed by atoms with van der Waals surface area (Å²) in [5, 5.41) is 3.54. The van der Waals surface area contributed by atoms with Crippen LogP contribution in [0.4, 0.5) is 0 Å². The summed E-state index contributed by atoms with van der Waals surface area (Å²) in [5.74, 6) is 0. The molecule has 3 nitrogen and oxygen atoms in total. The lowest BCUT2D eigenvalue weighted by Gasteiger charge is -2.22. The van der Waals surface area contributed by atoms with Crippen molar-refractivity contribution < 1.29 is 0 Å². The van der Waals surface area contributed by atoms with E-state index in [-0.39, 0.29) is 0 Å². The van der Waals surface area contributed by atoms with Crippen LogP contribution in [0.5, 0.6) is 0 Å². The fraction of sp³-hybridized carbons (Fsp3) is 0.417. The van der Waals surface area contributed by atoms with Crippen LogP contribution >= 0.6 is 0 Å². The first-order valence-corrected chi connectivity index (χ1v) is 5.59. The lowest BCUT2D eigenvalue weighted by Crippen LogP contribution is -2.30. The number of aromatic nitrogens is 2. The van der Waals surface area contributed by atoms with Gasteiger partial charge in [-0.3, -0.25) is 0 Å². The summed E-state index contributed by atoms with van der Waals surface area (Å²) in [4.78, 5) is 4.67. The highest BCUT2D eigenvalue weighted by Crippen LogP contribution is 2.25. The van der Waals surface area contributed by atoms with Crippen molar-refractivity contribution in [3.8, 4) is 0 Å². The van der Waals surface area contributed by atoms with E-state index in [1.54, 1.807) is 0 Å². The number of pyridine rings is 1. The Morgan fingerprint density at radius 1 is 1.53 bits per heavy atom. The van der Waals surface area contributed by atoms with Crippen molar-refractivity contribution in [1.82, 2.24) is 14.7 Å². The molecule has 3 heteroatoms. The quantitative estimate of drug-likeness (QED) is 0.764. The van der Waals surface area contributed by atoms with Gasteiger partial charge in [-0.2, -0.15) is 0 Å². The predicted molar refractivity (Wildman–Crippen MR) is 59.9 cm³/mol. The smallest absolute Gasteiger partial charge is 0.137 e. The molecule has 78 valence electrons. The average Bonchev–Trinajstić information content (AvgIpc) is 2.67. The maximum atomic E-state index is 4.67. The van der Waals surface area contributed by atoms with Crippen molar-refractivity contribution in [2.45, 2.75) is 25.8 Å². The van der Waals surface area contributed by atoms with E-state index in [4.69, 9.17) is 0 Å². The van der Waals surface area contributed by atoms with E-state index in [9.17, 15) is 0 Å². The second-order valence-electron chi connectivity index (χ2n) is 4.04. The number of rotatable bonds is 1. The standard InChI is InChI=1S/C12H15N3/c1-2-9-12-10(6-7-13-9)14-11-5-3-4-8-15(11)12/h3-5,8-9,13H,2,6-7H2,1H3. The molecule has 0 aliphatic carbocycles. The van der Waals surface area contributed by atoms with Crippen LogP contribution in [0.1, 0.15) is 30.8 Å². The first-order valence-electron chi connectivity index (χ1n) is 5.59. The Morgan fingerprint density at radius 3 is 3.33 bits per heavy atom. The van der Waals surface area contributed by atoms with Gasteiger partial charge in [-0.1, -0.05) is 13.0 Å². The molecule has 0 saturated heterocycles. The van der Waals surface area contributed by atoms with Crippen LogP contribution in [0, 0.1) is 0 Å². The van der Waals surface area contributed by atoms with E-state index in [0.29, 0.717) is 6.04 Å². The molecule has 3 rings (SSSR count). The zero-order valence-electron chi connectivity index (χ0n) is 8.90. The van der Waals surface area contributed by atoms with Gasteiger partial charge in [0, 0.05) is 25.2 Å². The minimum Gasteiger partial charge on any atom is -0.308 e. The van der Waals surface area contributed by atoms with Gasteiger partial charge in [0.25, 0.3) is 0 Å².